The monoisotopic (exact) mass is 453 g/mol. The minimum Gasteiger partial charge on any atom is -0.310 e. The van der Waals surface area contributed by atoms with Gasteiger partial charge >= 0.3 is 0 Å². The van der Waals surface area contributed by atoms with Crippen LogP contribution in [0, 0.1) is 0 Å². The van der Waals surface area contributed by atoms with Crippen LogP contribution in [-0.4, -0.2) is 0 Å². The molecule has 1 heteroatoms. The lowest BCUT2D eigenvalue weighted by molar-refractivity contribution is 0.403. The van der Waals surface area contributed by atoms with Crippen molar-refractivity contribution in [2.75, 3.05) is 4.90 Å². The van der Waals surface area contributed by atoms with Gasteiger partial charge in [0.1, 0.15) is 0 Å². The highest BCUT2D eigenvalue weighted by atomic mass is 15.1. The summed E-state index contributed by atoms with van der Waals surface area (Å²) in [4.78, 5) is 2.36. The second kappa shape index (κ2) is 11.1. The third-order valence-electron chi connectivity index (χ3n) is 7.84. The van der Waals surface area contributed by atoms with E-state index in [0.29, 0.717) is 0 Å². The molecule has 1 nitrogen and oxygen atoms in total. The van der Waals surface area contributed by atoms with Gasteiger partial charge in [0.2, 0.25) is 0 Å². The van der Waals surface area contributed by atoms with E-state index in [1.807, 2.05) is 6.08 Å². The van der Waals surface area contributed by atoms with Crippen LogP contribution in [-0.2, 0) is 10.8 Å². The summed E-state index contributed by atoms with van der Waals surface area (Å²) in [5.41, 5.74) is 7.86. The van der Waals surface area contributed by atoms with E-state index < -0.39 is 0 Å². The Morgan fingerprint density at radius 2 is 1.32 bits per heavy atom. The average Bonchev–Trinajstić information content (AvgIpc) is 2.88. The molecule has 180 valence electrons. The molecule has 3 rings (SSSR count). The van der Waals surface area contributed by atoms with Gasteiger partial charge in [-0.15, -0.1) is 0 Å². The highest BCUT2D eigenvalue weighted by Gasteiger charge is 2.24. The zero-order chi connectivity index (χ0) is 24.8. The van der Waals surface area contributed by atoms with Crippen LogP contribution in [0.4, 0.5) is 17.1 Å². The number of hydrogen-bond donors (Lipinski definition) is 0. The van der Waals surface area contributed by atoms with Gasteiger partial charge in [-0.3, -0.25) is 0 Å². The molecule has 1 atom stereocenters. The number of nitrogens with zero attached hydrogens (tertiary/aromatic N) is 1. The summed E-state index contributed by atoms with van der Waals surface area (Å²) in [7, 11) is 0. The van der Waals surface area contributed by atoms with E-state index in [-0.39, 0.29) is 10.8 Å². The van der Waals surface area contributed by atoms with Crippen LogP contribution in [0.5, 0.6) is 0 Å². The number of rotatable bonds is 11. The fraction of sp³-hybridized carbons (Fsp3) is 0.394. The molecule has 0 N–H and O–H groups in total. The Kier molecular flexibility index (Phi) is 8.42. The molecule has 0 radical (unpaired) electrons. The first kappa shape index (κ1) is 25.8. The molecule has 0 aliphatic rings. The molecule has 3 aromatic rings. The van der Waals surface area contributed by atoms with Crippen molar-refractivity contribution >= 4 is 23.1 Å². The molecule has 0 aromatic heterocycles. The highest BCUT2D eigenvalue weighted by molar-refractivity contribution is 5.78. The molecule has 0 amide bonds. The van der Waals surface area contributed by atoms with Crippen LogP contribution in [0.1, 0.15) is 90.3 Å². The van der Waals surface area contributed by atoms with Crippen LogP contribution < -0.4 is 4.90 Å². The van der Waals surface area contributed by atoms with Crippen molar-refractivity contribution in [1.29, 1.82) is 0 Å². The van der Waals surface area contributed by atoms with Gasteiger partial charge in [0.05, 0.1) is 0 Å². The summed E-state index contributed by atoms with van der Waals surface area (Å²) in [6.45, 7) is 17.9. The Hall–Kier alpha value is -2.80. The molecular formula is C33H43N. The fourth-order valence-electron chi connectivity index (χ4n) is 4.61. The lowest BCUT2D eigenvalue weighted by Gasteiger charge is -2.31. The predicted octanol–water partition coefficient (Wildman–Crippen LogP) is 10.3. The Balaban J connectivity index is 2.05. The van der Waals surface area contributed by atoms with Crippen molar-refractivity contribution < 1.29 is 0 Å². The Labute approximate surface area is 208 Å². The SMILES string of the molecule is C=Cc1cccc(N(c2ccc(C(C)(C)CC)cc2)c2ccc(C(C)(CC)CCCC)cc2)c1. The summed E-state index contributed by atoms with van der Waals surface area (Å²) >= 11 is 0. The van der Waals surface area contributed by atoms with E-state index in [4.69, 9.17) is 0 Å². The van der Waals surface area contributed by atoms with E-state index in [1.165, 1.54) is 41.8 Å². The molecule has 0 spiro atoms. The van der Waals surface area contributed by atoms with E-state index in [1.54, 1.807) is 0 Å². The second-order valence-corrected chi connectivity index (χ2v) is 10.5. The summed E-state index contributed by atoms with van der Waals surface area (Å²) in [6, 6.07) is 27.0. The molecule has 1 unspecified atom stereocenters. The van der Waals surface area contributed by atoms with Crippen LogP contribution in [0.3, 0.4) is 0 Å². The lowest BCUT2D eigenvalue weighted by atomic mass is 9.76. The normalized spacial score (nSPS) is 13.4. The molecule has 0 saturated carbocycles. The smallest absolute Gasteiger partial charge is 0.0467 e. The quantitative estimate of drug-likeness (QED) is 0.279. The lowest BCUT2D eigenvalue weighted by Crippen LogP contribution is -2.21. The van der Waals surface area contributed by atoms with Gasteiger partial charge in [-0.2, -0.15) is 0 Å². The van der Waals surface area contributed by atoms with Crippen LogP contribution in [0.2, 0.25) is 0 Å². The zero-order valence-electron chi connectivity index (χ0n) is 22.2. The number of benzene rings is 3. The van der Waals surface area contributed by atoms with Crippen molar-refractivity contribution in [3.8, 4) is 0 Å². The van der Waals surface area contributed by atoms with Gasteiger partial charge in [-0.25, -0.2) is 0 Å². The third-order valence-corrected chi connectivity index (χ3v) is 7.84. The second-order valence-electron chi connectivity index (χ2n) is 10.5. The standard InChI is InChI=1S/C33H43N/c1-8-12-24-33(7,11-4)28-18-22-30(23-19-28)34(31-15-13-14-26(9-2)25-31)29-20-16-27(17-21-29)32(5,6)10-3/h9,13-23,25H,2,8,10-12,24H2,1,3-7H3. The third kappa shape index (κ3) is 5.63. The van der Waals surface area contributed by atoms with Crippen molar-refractivity contribution in [2.24, 2.45) is 0 Å². The van der Waals surface area contributed by atoms with Crippen molar-refractivity contribution in [3.63, 3.8) is 0 Å². The number of unbranched alkanes of at least 4 members (excludes halogenated alkanes) is 1. The molecule has 3 aromatic carbocycles. The summed E-state index contributed by atoms with van der Waals surface area (Å²) < 4.78 is 0. The zero-order valence-corrected chi connectivity index (χ0v) is 22.2. The first-order valence-electron chi connectivity index (χ1n) is 13.0. The van der Waals surface area contributed by atoms with Gasteiger partial charge in [0, 0.05) is 17.1 Å². The van der Waals surface area contributed by atoms with E-state index in [0.717, 1.165) is 24.1 Å². The molecule has 0 aliphatic carbocycles. The molecule has 0 bridgehead atoms. The maximum atomic E-state index is 3.98. The van der Waals surface area contributed by atoms with Crippen LogP contribution in [0.15, 0.2) is 79.4 Å². The molecule has 34 heavy (non-hydrogen) atoms. The van der Waals surface area contributed by atoms with Crippen molar-refractivity contribution in [1.82, 2.24) is 0 Å². The molecule has 0 aliphatic heterocycles. The van der Waals surface area contributed by atoms with E-state index in [2.05, 4.69) is 126 Å². The maximum absolute atomic E-state index is 3.98. The predicted molar refractivity (Wildman–Crippen MR) is 152 cm³/mol. The largest absolute Gasteiger partial charge is 0.310 e. The fourth-order valence-corrected chi connectivity index (χ4v) is 4.61. The topological polar surface area (TPSA) is 3.24 Å². The van der Waals surface area contributed by atoms with Gasteiger partial charge in [0.25, 0.3) is 0 Å². The molecule has 0 saturated heterocycles. The Bertz CT molecular complexity index is 1060. The van der Waals surface area contributed by atoms with E-state index in [9.17, 15) is 0 Å². The summed E-state index contributed by atoms with van der Waals surface area (Å²) in [5, 5.41) is 0. The summed E-state index contributed by atoms with van der Waals surface area (Å²) in [6.07, 6.45) is 7.94. The maximum Gasteiger partial charge on any atom is 0.0467 e. The van der Waals surface area contributed by atoms with Crippen molar-refractivity contribution in [3.05, 3.63) is 96.1 Å². The number of anilines is 3. The van der Waals surface area contributed by atoms with Gasteiger partial charge in [-0.1, -0.05) is 103 Å². The highest BCUT2D eigenvalue weighted by Crippen LogP contribution is 2.39. The molecular weight excluding hydrogens is 410 g/mol. The first-order chi connectivity index (χ1) is 16.3. The number of hydrogen-bond acceptors (Lipinski definition) is 1. The minimum absolute atomic E-state index is 0.177. The summed E-state index contributed by atoms with van der Waals surface area (Å²) in [5.74, 6) is 0. The Morgan fingerprint density at radius 3 is 1.82 bits per heavy atom. The Morgan fingerprint density at radius 1 is 0.735 bits per heavy atom. The van der Waals surface area contributed by atoms with Crippen molar-refractivity contribution in [2.45, 2.75) is 84.5 Å². The van der Waals surface area contributed by atoms with E-state index >= 15 is 0 Å². The van der Waals surface area contributed by atoms with Gasteiger partial charge < -0.3 is 4.90 Å². The minimum atomic E-state index is 0.177. The van der Waals surface area contributed by atoms with Gasteiger partial charge in [0.15, 0.2) is 0 Å². The first-order valence-corrected chi connectivity index (χ1v) is 13.0. The molecule has 0 heterocycles. The van der Waals surface area contributed by atoms with Gasteiger partial charge in [-0.05, 0) is 83.2 Å². The molecule has 0 fully saturated rings. The van der Waals surface area contributed by atoms with Crippen LogP contribution >= 0.6 is 0 Å². The average molecular weight is 454 g/mol. The van der Waals surface area contributed by atoms with Crippen LogP contribution in [0.25, 0.3) is 6.08 Å².